The zero-order valence-electron chi connectivity index (χ0n) is 22.3. The van der Waals surface area contributed by atoms with Crippen LogP contribution in [-0.4, -0.2) is 33.7 Å². The van der Waals surface area contributed by atoms with E-state index in [9.17, 15) is 10.4 Å². The molecule has 4 aliphatic carbocycles. The van der Waals surface area contributed by atoms with Crippen molar-refractivity contribution in [3.05, 3.63) is 18.0 Å². The summed E-state index contributed by atoms with van der Waals surface area (Å²) in [5.74, 6) is 5.59. The predicted octanol–water partition coefficient (Wildman–Crippen LogP) is 6.21. The summed E-state index contributed by atoms with van der Waals surface area (Å²) < 4.78 is 7.61. The first-order valence-electron chi connectivity index (χ1n) is 14.6. The number of nitriles is 1. The van der Waals surface area contributed by atoms with Crippen LogP contribution in [0.25, 0.3) is 0 Å². The van der Waals surface area contributed by atoms with Gasteiger partial charge in [-0.25, -0.2) is 0 Å². The molecule has 0 aliphatic heterocycles. The molecule has 9 atom stereocenters. The Morgan fingerprint density at radius 2 is 1.97 bits per heavy atom. The normalized spacial score (nSPS) is 41.5. The van der Waals surface area contributed by atoms with Crippen LogP contribution < -0.4 is 0 Å². The fraction of sp³-hybridized carbons (Fsp3) is 0.867. The third-order valence-electron chi connectivity index (χ3n) is 11.4. The highest BCUT2D eigenvalue weighted by Gasteiger charge is 2.58. The first-order valence-corrected chi connectivity index (χ1v) is 14.6. The molecule has 4 fully saturated rings. The molecule has 0 spiro atoms. The average Bonchev–Trinajstić information content (AvgIpc) is 3.46. The highest BCUT2D eigenvalue weighted by atomic mass is 16.5. The van der Waals surface area contributed by atoms with Crippen LogP contribution in [-0.2, 0) is 11.3 Å². The summed E-state index contributed by atoms with van der Waals surface area (Å²) in [6.45, 7) is 9.42. The summed E-state index contributed by atoms with van der Waals surface area (Å²) in [7, 11) is 0. The molecule has 0 amide bonds. The van der Waals surface area contributed by atoms with Gasteiger partial charge in [-0.05, 0) is 124 Å². The minimum Gasteiger partial charge on any atom is -0.390 e. The van der Waals surface area contributed by atoms with Gasteiger partial charge in [-0.3, -0.25) is 4.68 Å². The van der Waals surface area contributed by atoms with Crippen molar-refractivity contribution in [3.63, 3.8) is 0 Å². The molecule has 5 nitrogen and oxygen atoms in total. The summed E-state index contributed by atoms with van der Waals surface area (Å²) in [6, 6.07) is 4.02. The monoisotopic (exact) mass is 481 g/mol. The summed E-state index contributed by atoms with van der Waals surface area (Å²) >= 11 is 0. The Morgan fingerprint density at radius 1 is 1.14 bits per heavy atom. The number of aliphatic hydroxyl groups is 1. The number of rotatable bonds is 8. The zero-order chi connectivity index (χ0) is 24.6. The van der Waals surface area contributed by atoms with Crippen molar-refractivity contribution in [1.29, 1.82) is 5.26 Å². The van der Waals surface area contributed by atoms with Crippen LogP contribution >= 0.6 is 0 Å². The fourth-order valence-corrected chi connectivity index (χ4v) is 9.72. The molecular formula is C30H47N3O2. The Labute approximate surface area is 212 Å². The molecule has 1 heterocycles. The minimum atomic E-state index is -0.489. The standard InChI is InChI=1S/C30H47N3O2/c1-4-21(20-33-16-12-23(19-31)32-33)27-8-9-28-26-7-6-22-18-30(34,15-17-35-5-2)14-11-24(22)25(26)10-13-29(27,28)3/h12,16,21-22,24-28,34H,4-11,13-15,17-18,20H2,1-3H3/t21?,22-,24+,25-,26-,27-,28+,29-,30+/m1/s1. The molecule has 194 valence electrons. The number of hydrogen-bond acceptors (Lipinski definition) is 4. The molecule has 4 aliphatic rings. The zero-order valence-corrected chi connectivity index (χ0v) is 22.3. The van der Waals surface area contributed by atoms with Crippen molar-refractivity contribution >= 4 is 0 Å². The molecule has 1 unspecified atom stereocenters. The smallest absolute Gasteiger partial charge is 0.162 e. The average molecular weight is 482 g/mol. The Morgan fingerprint density at radius 3 is 2.71 bits per heavy atom. The van der Waals surface area contributed by atoms with Gasteiger partial charge in [0.1, 0.15) is 6.07 Å². The van der Waals surface area contributed by atoms with Crippen LogP contribution in [0.5, 0.6) is 0 Å². The summed E-state index contributed by atoms with van der Waals surface area (Å²) in [5.41, 5.74) is 0.494. The molecule has 5 rings (SSSR count). The summed E-state index contributed by atoms with van der Waals surface area (Å²) in [4.78, 5) is 0. The molecule has 0 bridgehead atoms. The predicted molar refractivity (Wildman–Crippen MR) is 137 cm³/mol. The van der Waals surface area contributed by atoms with Gasteiger partial charge in [0.25, 0.3) is 0 Å². The van der Waals surface area contributed by atoms with E-state index in [1.54, 1.807) is 0 Å². The van der Waals surface area contributed by atoms with E-state index in [1.165, 1.54) is 51.4 Å². The molecule has 1 N–H and O–H groups in total. The summed E-state index contributed by atoms with van der Waals surface area (Å²) in [5, 5.41) is 24.9. The molecule has 0 radical (unpaired) electrons. The highest BCUT2D eigenvalue weighted by Crippen LogP contribution is 2.66. The maximum atomic E-state index is 11.3. The van der Waals surface area contributed by atoms with E-state index in [1.807, 2.05) is 23.9 Å². The molecule has 1 aromatic heterocycles. The van der Waals surface area contributed by atoms with Gasteiger partial charge in [-0.15, -0.1) is 0 Å². The van der Waals surface area contributed by atoms with Crippen LogP contribution in [0.15, 0.2) is 12.3 Å². The second-order valence-corrected chi connectivity index (χ2v) is 12.8. The van der Waals surface area contributed by atoms with Crippen molar-refractivity contribution < 1.29 is 9.84 Å². The van der Waals surface area contributed by atoms with Crippen molar-refractivity contribution in [2.45, 2.75) is 104 Å². The maximum Gasteiger partial charge on any atom is 0.162 e. The van der Waals surface area contributed by atoms with Gasteiger partial charge >= 0.3 is 0 Å². The molecule has 0 aromatic carbocycles. The Kier molecular flexibility index (Phi) is 7.35. The van der Waals surface area contributed by atoms with Crippen LogP contribution in [0.1, 0.15) is 97.1 Å². The van der Waals surface area contributed by atoms with E-state index in [2.05, 4.69) is 25.0 Å². The van der Waals surface area contributed by atoms with Gasteiger partial charge in [-0.1, -0.05) is 20.3 Å². The second kappa shape index (κ2) is 10.2. The SMILES string of the molecule is CCOCC[C@@]1(O)CC[C@H]2[C@H](CC[C@@H]3[C@@H]2CC[C@]2(C)[C@@H](C(CC)Cn4ccc(C#N)n4)CC[C@@H]32)C1. The van der Waals surface area contributed by atoms with Crippen LogP contribution in [0.3, 0.4) is 0 Å². The Balaban J connectivity index is 1.25. The molecular weight excluding hydrogens is 434 g/mol. The van der Waals surface area contributed by atoms with Crippen LogP contribution in [0, 0.1) is 58.2 Å². The minimum absolute atomic E-state index is 0.451. The topological polar surface area (TPSA) is 71.1 Å². The lowest BCUT2D eigenvalue weighted by molar-refractivity contribution is -0.115. The first kappa shape index (κ1) is 25.3. The van der Waals surface area contributed by atoms with Crippen molar-refractivity contribution in [3.8, 4) is 6.07 Å². The van der Waals surface area contributed by atoms with E-state index in [0.29, 0.717) is 23.6 Å². The van der Waals surface area contributed by atoms with E-state index in [0.717, 1.165) is 67.9 Å². The van der Waals surface area contributed by atoms with Gasteiger partial charge in [0.15, 0.2) is 5.69 Å². The van der Waals surface area contributed by atoms with Crippen LogP contribution in [0.2, 0.25) is 0 Å². The number of fused-ring (bicyclic) bond motifs is 5. The first-order chi connectivity index (χ1) is 16.9. The van der Waals surface area contributed by atoms with Crippen molar-refractivity contribution in [2.75, 3.05) is 13.2 Å². The van der Waals surface area contributed by atoms with Crippen molar-refractivity contribution in [2.24, 2.45) is 46.8 Å². The number of aromatic nitrogens is 2. The van der Waals surface area contributed by atoms with E-state index in [-0.39, 0.29) is 0 Å². The lowest BCUT2D eigenvalue weighted by atomic mass is 9.48. The van der Waals surface area contributed by atoms with Gasteiger partial charge < -0.3 is 9.84 Å². The third-order valence-corrected chi connectivity index (χ3v) is 11.4. The number of ether oxygens (including phenoxy) is 1. The number of nitrogens with zero attached hydrogens (tertiary/aromatic N) is 3. The highest BCUT2D eigenvalue weighted by molar-refractivity contribution is 5.16. The van der Waals surface area contributed by atoms with Gasteiger partial charge in [-0.2, -0.15) is 10.4 Å². The van der Waals surface area contributed by atoms with Gasteiger partial charge in [0.2, 0.25) is 0 Å². The largest absolute Gasteiger partial charge is 0.390 e. The summed E-state index contributed by atoms with van der Waals surface area (Å²) in [6.07, 6.45) is 15.4. The Bertz CT molecular complexity index is 908. The van der Waals surface area contributed by atoms with Crippen molar-refractivity contribution in [1.82, 2.24) is 9.78 Å². The van der Waals surface area contributed by atoms with E-state index >= 15 is 0 Å². The maximum absolute atomic E-state index is 11.3. The fourth-order valence-electron chi connectivity index (χ4n) is 9.72. The van der Waals surface area contributed by atoms with Crippen LogP contribution in [0.4, 0.5) is 0 Å². The van der Waals surface area contributed by atoms with Gasteiger partial charge in [0, 0.05) is 26.0 Å². The molecule has 1 aromatic rings. The number of hydrogen-bond donors (Lipinski definition) is 1. The third kappa shape index (κ3) is 4.71. The van der Waals surface area contributed by atoms with E-state index in [4.69, 9.17) is 4.74 Å². The molecule has 4 saturated carbocycles. The molecule has 5 heteroatoms. The second-order valence-electron chi connectivity index (χ2n) is 12.8. The van der Waals surface area contributed by atoms with E-state index < -0.39 is 5.60 Å². The van der Waals surface area contributed by atoms with Gasteiger partial charge in [0.05, 0.1) is 5.60 Å². The Hall–Kier alpha value is -1.38. The lowest BCUT2D eigenvalue weighted by Crippen LogP contribution is -2.51. The molecule has 35 heavy (non-hydrogen) atoms. The molecule has 0 saturated heterocycles. The lowest BCUT2D eigenvalue weighted by Gasteiger charge is -2.57. The quantitative estimate of drug-likeness (QED) is 0.448.